The average Bonchev–Trinajstić information content (AvgIpc) is 2.34. The molecule has 17 heavy (non-hydrogen) atoms. The molecular formula is C14H21NO2. The minimum absolute atomic E-state index is 0.301. The van der Waals surface area contributed by atoms with Gasteiger partial charge >= 0.3 is 5.97 Å². The number of nitrogens with two attached hydrogens (primary N) is 1. The zero-order chi connectivity index (χ0) is 12.7. The molecule has 0 spiro atoms. The minimum atomic E-state index is -0.499. The van der Waals surface area contributed by atoms with Crippen molar-refractivity contribution in [2.45, 2.75) is 39.3 Å². The van der Waals surface area contributed by atoms with Crippen molar-refractivity contribution in [2.75, 3.05) is 0 Å². The van der Waals surface area contributed by atoms with E-state index in [9.17, 15) is 4.79 Å². The lowest BCUT2D eigenvalue weighted by Crippen LogP contribution is -2.32. The number of hydrogen-bond donors (Lipinski definition) is 1. The van der Waals surface area contributed by atoms with E-state index in [0.29, 0.717) is 18.9 Å². The Labute approximate surface area is 103 Å². The molecule has 0 amide bonds. The Morgan fingerprint density at radius 1 is 1.24 bits per heavy atom. The molecule has 0 fully saturated rings. The second kappa shape index (κ2) is 7.07. The summed E-state index contributed by atoms with van der Waals surface area (Å²) in [6.07, 6.45) is 1.63. The first-order valence-corrected chi connectivity index (χ1v) is 6.05. The van der Waals surface area contributed by atoms with Gasteiger partial charge in [0, 0.05) is 0 Å². The highest BCUT2D eigenvalue weighted by Crippen LogP contribution is 2.08. The van der Waals surface area contributed by atoms with Crippen LogP contribution in [0.4, 0.5) is 0 Å². The lowest BCUT2D eigenvalue weighted by Gasteiger charge is -2.12. The van der Waals surface area contributed by atoms with E-state index >= 15 is 0 Å². The van der Waals surface area contributed by atoms with Crippen LogP contribution < -0.4 is 5.73 Å². The highest BCUT2D eigenvalue weighted by molar-refractivity contribution is 5.75. The summed E-state index contributed by atoms with van der Waals surface area (Å²) in [6, 6.07) is 9.12. The van der Waals surface area contributed by atoms with Crippen molar-refractivity contribution in [1.82, 2.24) is 0 Å². The van der Waals surface area contributed by atoms with E-state index in [2.05, 4.69) is 13.8 Å². The molecule has 1 atom stereocenters. The van der Waals surface area contributed by atoms with Gasteiger partial charge in [0.2, 0.25) is 0 Å². The smallest absolute Gasteiger partial charge is 0.323 e. The van der Waals surface area contributed by atoms with Gasteiger partial charge in [-0.2, -0.15) is 0 Å². The molecule has 0 bridgehead atoms. The normalized spacial score (nSPS) is 12.5. The Bertz CT molecular complexity index is 335. The fraction of sp³-hybridized carbons (Fsp3) is 0.500. The molecule has 3 heteroatoms. The first-order chi connectivity index (χ1) is 8.09. The predicted octanol–water partition coefficient (Wildman–Crippen LogP) is 2.49. The highest BCUT2D eigenvalue weighted by Gasteiger charge is 2.15. The summed E-state index contributed by atoms with van der Waals surface area (Å²) < 4.78 is 5.16. The average molecular weight is 235 g/mol. The number of hydrogen-bond acceptors (Lipinski definition) is 3. The molecule has 0 saturated heterocycles. The van der Waals surface area contributed by atoms with Crippen molar-refractivity contribution in [1.29, 1.82) is 0 Å². The van der Waals surface area contributed by atoms with Crippen LogP contribution >= 0.6 is 0 Å². The Kier molecular flexibility index (Phi) is 5.70. The van der Waals surface area contributed by atoms with Gasteiger partial charge in [-0.25, -0.2) is 0 Å². The van der Waals surface area contributed by atoms with E-state index in [1.54, 1.807) is 0 Å². The van der Waals surface area contributed by atoms with Gasteiger partial charge in [-0.05, 0) is 24.3 Å². The Balaban J connectivity index is 2.29. The monoisotopic (exact) mass is 235 g/mol. The maximum Gasteiger partial charge on any atom is 0.323 e. The van der Waals surface area contributed by atoms with Crippen molar-refractivity contribution >= 4 is 5.97 Å². The van der Waals surface area contributed by atoms with Gasteiger partial charge in [-0.3, -0.25) is 4.79 Å². The standard InChI is InChI=1S/C14H21NO2/c1-11(2)8-9-13(15)14(16)17-10-12-6-4-3-5-7-12/h3-7,11,13H,8-10,15H2,1-2H3. The van der Waals surface area contributed by atoms with Crippen LogP contribution in [0.5, 0.6) is 0 Å². The summed E-state index contributed by atoms with van der Waals surface area (Å²) in [5.74, 6) is 0.248. The lowest BCUT2D eigenvalue weighted by atomic mass is 10.0. The second-order valence-corrected chi connectivity index (χ2v) is 4.67. The molecule has 0 radical (unpaired) electrons. The topological polar surface area (TPSA) is 52.3 Å². The van der Waals surface area contributed by atoms with Crippen molar-refractivity contribution in [3.63, 3.8) is 0 Å². The highest BCUT2D eigenvalue weighted by atomic mass is 16.5. The van der Waals surface area contributed by atoms with Crippen LogP contribution in [0.15, 0.2) is 30.3 Å². The largest absolute Gasteiger partial charge is 0.460 e. The predicted molar refractivity (Wildman–Crippen MR) is 68.3 cm³/mol. The molecule has 0 aliphatic carbocycles. The first-order valence-electron chi connectivity index (χ1n) is 6.05. The Morgan fingerprint density at radius 2 is 1.88 bits per heavy atom. The van der Waals surface area contributed by atoms with Crippen molar-refractivity contribution in [3.05, 3.63) is 35.9 Å². The molecule has 1 unspecified atom stereocenters. The molecule has 1 aromatic carbocycles. The van der Waals surface area contributed by atoms with Crippen molar-refractivity contribution < 1.29 is 9.53 Å². The molecule has 0 aromatic heterocycles. The van der Waals surface area contributed by atoms with Crippen LogP contribution in [-0.4, -0.2) is 12.0 Å². The summed E-state index contributed by atoms with van der Waals surface area (Å²) in [5, 5.41) is 0. The molecule has 0 aliphatic heterocycles. The second-order valence-electron chi connectivity index (χ2n) is 4.67. The van der Waals surface area contributed by atoms with Gasteiger partial charge in [0.1, 0.15) is 12.6 Å². The minimum Gasteiger partial charge on any atom is -0.460 e. The van der Waals surface area contributed by atoms with Gasteiger partial charge in [-0.15, -0.1) is 0 Å². The zero-order valence-electron chi connectivity index (χ0n) is 10.6. The molecule has 1 aromatic rings. The number of benzene rings is 1. The maximum absolute atomic E-state index is 11.6. The van der Waals surface area contributed by atoms with E-state index in [4.69, 9.17) is 10.5 Å². The third-order valence-electron chi connectivity index (χ3n) is 2.58. The van der Waals surface area contributed by atoms with E-state index in [-0.39, 0.29) is 5.97 Å². The molecule has 3 nitrogen and oxygen atoms in total. The van der Waals surface area contributed by atoms with Crippen molar-refractivity contribution in [3.8, 4) is 0 Å². The van der Waals surface area contributed by atoms with E-state index < -0.39 is 6.04 Å². The van der Waals surface area contributed by atoms with Crippen LogP contribution in [0, 0.1) is 5.92 Å². The van der Waals surface area contributed by atoms with E-state index in [1.807, 2.05) is 30.3 Å². The van der Waals surface area contributed by atoms with E-state index in [1.165, 1.54) is 0 Å². The number of carbonyl (C=O) groups excluding carboxylic acids is 1. The van der Waals surface area contributed by atoms with Gasteiger partial charge < -0.3 is 10.5 Å². The van der Waals surface area contributed by atoms with Crippen LogP contribution in [0.1, 0.15) is 32.3 Å². The van der Waals surface area contributed by atoms with Crippen LogP contribution in [0.25, 0.3) is 0 Å². The maximum atomic E-state index is 11.6. The summed E-state index contributed by atoms with van der Waals surface area (Å²) in [5.41, 5.74) is 6.74. The summed E-state index contributed by atoms with van der Waals surface area (Å²) in [4.78, 5) is 11.6. The van der Waals surface area contributed by atoms with E-state index in [0.717, 1.165) is 12.0 Å². The van der Waals surface area contributed by atoms with Gasteiger partial charge in [-0.1, -0.05) is 44.2 Å². The lowest BCUT2D eigenvalue weighted by molar-refractivity contribution is -0.146. The third-order valence-corrected chi connectivity index (χ3v) is 2.58. The summed E-state index contributed by atoms with van der Waals surface area (Å²) in [7, 11) is 0. The number of ether oxygens (including phenoxy) is 1. The summed E-state index contributed by atoms with van der Waals surface area (Å²) >= 11 is 0. The van der Waals surface area contributed by atoms with Crippen LogP contribution in [-0.2, 0) is 16.1 Å². The van der Waals surface area contributed by atoms with Gasteiger partial charge in [0.05, 0.1) is 0 Å². The molecule has 2 N–H and O–H groups in total. The molecular weight excluding hydrogens is 214 g/mol. The Hall–Kier alpha value is -1.35. The van der Waals surface area contributed by atoms with Gasteiger partial charge in [0.15, 0.2) is 0 Å². The SMILES string of the molecule is CC(C)CCC(N)C(=O)OCc1ccccc1. The zero-order valence-corrected chi connectivity index (χ0v) is 10.6. The van der Waals surface area contributed by atoms with Gasteiger partial charge in [0.25, 0.3) is 0 Å². The summed E-state index contributed by atoms with van der Waals surface area (Å²) in [6.45, 7) is 4.53. The first kappa shape index (κ1) is 13.7. The number of carbonyl (C=O) groups is 1. The fourth-order valence-corrected chi connectivity index (χ4v) is 1.47. The fourth-order valence-electron chi connectivity index (χ4n) is 1.47. The molecule has 0 aliphatic rings. The van der Waals surface area contributed by atoms with Crippen molar-refractivity contribution in [2.24, 2.45) is 11.7 Å². The molecule has 0 heterocycles. The van der Waals surface area contributed by atoms with Crippen LogP contribution in [0.3, 0.4) is 0 Å². The Morgan fingerprint density at radius 3 is 2.47 bits per heavy atom. The quantitative estimate of drug-likeness (QED) is 0.771. The molecule has 94 valence electrons. The van der Waals surface area contributed by atoms with Crippen LogP contribution in [0.2, 0.25) is 0 Å². The molecule has 0 saturated carbocycles. The molecule has 1 rings (SSSR count). The number of rotatable bonds is 6. The number of esters is 1. The third kappa shape index (κ3) is 5.50.